The second-order valence-corrected chi connectivity index (χ2v) is 2.58. The number of nitrogens with zero attached hydrogens (tertiary/aromatic N) is 2. The molecule has 3 nitrogen and oxygen atoms in total. The Morgan fingerprint density at radius 1 is 1.75 bits per heavy atom. The van der Waals surface area contributed by atoms with E-state index in [2.05, 4.69) is 5.10 Å². The maximum absolute atomic E-state index is 10.3. The molecule has 0 atom stereocenters. The molecule has 0 amide bonds. The van der Waals surface area contributed by atoms with Crippen LogP contribution in [0.4, 0.5) is 0 Å². The highest BCUT2D eigenvalue weighted by Gasteiger charge is 1.96. The molecular formula is C9H12N2O. The average molecular weight is 164 g/mol. The number of carbonyl (C=O) groups is 1. The molecule has 0 saturated carbocycles. The van der Waals surface area contributed by atoms with Crippen molar-refractivity contribution >= 4 is 12.4 Å². The highest BCUT2D eigenvalue weighted by atomic mass is 16.1. The Labute approximate surface area is 71.7 Å². The lowest BCUT2D eigenvalue weighted by Crippen LogP contribution is -1.98. The number of hydrogen-bond acceptors (Lipinski definition) is 2. The van der Waals surface area contributed by atoms with Gasteiger partial charge < -0.3 is 0 Å². The van der Waals surface area contributed by atoms with Gasteiger partial charge in [-0.05, 0) is 31.6 Å². The van der Waals surface area contributed by atoms with Crippen LogP contribution in [0.5, 0.6) is 0 Å². The van der Waals surface area contributed by atoms with Crippen molar-refractivity contribution in [3.63, 3.8) is 0 Å². The van der Waals surface area contributed by atoms with E-state index in [0.717, 1.165) is 18.5 Å². The molecule has 0 spiro atoms. The minimum absolute atomic E-state index is 0.713. The zero-order chi connectivity index (χ0) is 8.97. The first-order valence-electron chi connectivity index (χ1n) is 3.93. The normalized spacial score (nSPS) is 11.7. The van der Waals surface area contributed by atoms with Gasteiger partial charge in [-0.25, -0.2) is 0 Å². The molecule has 0 aromatic carbocycles. The molecule has 0 saturated heterocycles. The van der Waals surface area contributed by atoms with Crippen molar-refractivity contribution in [2.45, 2.75) is 20.4 Å². The Kier molecular flexibility index (Phi) is 2.80. The van der Waals surface area contributed by atoms with Crippen molar-refractivity contribution in [1.82, 2.24) is 9.78 Å². The van der Waals surface area contributed by atoms with Crippen LogP contribution in [-0.4, -0.2) is 16.1 Å². The van der Waals surface area contributed by atoms with Crippen LogP contribution in [0, 0.1) is 0 Å². The standard InChI is InChI=1S/C9H12N2O/c1-3-11-9(4-5-10-11)6-8(2)7-12/h4-7H,3H2,1-2H3/b8-6-. The maximum Gasteiger partial charge on any atom is 0.145 e. The lowest BCUT2D eigenvalue weighted by atomic mass is 10.2. The monoisotopic (exact) mass is 164 g/mol. The predicted octanol–water partition coefficient (Wildman–Crippen LogP) is 1.51. The van der Waals surface area contributed by atoms with Crippen molar-refractivity contribution in [2.24, 2.45) is 0 Å². The minimum Gasteiger partial charge on any atom is -0.298 e. The Morgan fingerprint density at radius 3 is 3.08 bits per heavy atom. The van der Waals surface area contributed by atoms with Crippen LogP contribution in [-0.2, 0) is 11.3 Å². The summed E-state index contributed by atoms with van der Waals surface area (Å²) in [7, 11) is 0. The van der Waals surface area contributed by atoms with Gasteiger partial charge in [-0.15, -0.1) is 0 Å². The molecule has 0 aliphatic heterocycles. The second-order valence-electron chi connectivity index (χ2n) is 2.58. The molecule has 0 unspecified atom stereocenters. The summed E-state index contributed by atoms with van der Waals surface area (Å²) >= 11 is 0. The fourth-order valence-electron chi connectivity index (χ4n) is 0.997. The summed E-state index contributed by atoms with van der Waals surface area (Å²) in [6.07, 6.45) is 4.39. The van der Waals surface area contributed by atoms with E-state index in [9.17, 15) is 4.79 Å². The zero-order valence-electron chi connectivity index (χ0n) is 7.32. The molecule has 0 fully saturated rings. The van der Waals surface area contributed by atoms with E-state index in [1.807, 2.05) is 23.7 Å². The molecule has 64 valence electrons. The molecule has 3 heteroatoms. The summed E-state index contributed by atoms with van der Waals surface area (Å²) in [6.45, 7) is 4.62. The van der Waals surface area contributed by atoms with Crippen LogP contribution >= 0.6 is 0 Å². The summed E-state index contributed by atoms with van der Waals surface area (Å²) in [5.74, 6) is 0. The fourth-order valence-corrected chi connectivity index (χ4v) is 0.997. The number of hydrogen-bond donors (Lipinski definition) is 0. The quantitative estimate of drug-likeness (QED) is 0.501. The fraction of sp³-hybridized carbons (Fsp3) is 0.333. The van der Waals surface area contributed by atoms with E-state index in [-0.39, 0.29) is 0 Å². The van der Waals surface area contributed by atoms with E-state index < -0.39 is 0 Å². The summed E-state index contributed by atoms with van der Waals surface area (Å²) in [4.78, 5) is 10.3. The van der Waals surface area contributed by atoms with Gasteiger partial charge in [0.05, 0.1) is 5.69 Å². The molecule has 0 radical (unpaired) electrons. The lowest BCUT2D eigenvalue weighted by molar-refractivity contribution is -0.104. The van der Waals surface area contributed by atoms with E-state index in [4.69, 9.17) is 0 Å². The van der Waals surface area contributed by atoms with Crippen LogP contribution in [0.2, 0.25) is 0 Å². The highest BCUT2D eigenvalue weighted by molar-refractivity contribution is 5.80. The number of aryl methyl sites for hydroxylation is 1. The zero-order valence-corrected chi connectivity index (χ0v) is 7.32. The number of carbonyl (C=O) groups excluding carboxylic acids is 1. The number of aldehydes is 1. The average Bonchev–Trinajstić information content (AvgIpc) is 2.51. The third-order valence-electron chi connectivity index (χ3n) is 1.61. The van der Waals surface area contributed by atoms with E-state index >= 15 is 0 Å². The van der Waals surface area contributed by atoms with Crippen LogP contribution in [0.3, 0.4) is 0 Å². The summed E-state index contributed by atoms with van der Waals surface area (Å²) in [6, 6.07) is 1.89. The summed E-state index contributed by atoms with van der Waals surface area (Å²) < 4.78 is 1.84. The first kappa shape index (κ1) is 8.71. The molecule has 1 aromatic heterocycles. The third-order valence-corrected chi connectivity index (χ3v) is 1.61. The Hall–Kier alpha value is -1.38. The summed E-state index contributed by atoms with van der Waals surface area (Å²) in [5.41, 5.74) is 1.69. The molecule has 0 N–H and O–H groups in total. The lowest BCUT2D eigenvalue weighted by Gasteiger charge is -1.98. The molecule has 1 heterocycles. The van der Waals surface area contributed by atoms with Gasteiger partial charge in [0.1, 0.15) is 6.29 Å². The van der Waals surface area contributed by atoms with Crippen LogP contribution in [0.1, 0.15) is 19.5 Å². The molecule has 0 aliphatic carbocycles. The van der Waals surface area contributed by atoms with Gasteiger partial charge in [-0.1, -0.05) is 0 Å². The SMILES string of the molecule is CCn1nccc1/C=C(/C)C=O. The molecule has 1 rings (SSSR count). The number of allylic oxidation sites excluding steroid dienone is 1. The first-order valence-corrected chi connectivity index (χ1v) is 3.93. The topological polar surface area (TPSA) is 34.9 Å². The van der Waals surface area contributed by atoms with Crippen molar-refractivity contribution in [2.75, 3.05) is 0 Å². The van der Waals surface area contributed by atoms with E-state index in [0.29, 0.717) is 5.57 Å². The summed E-state index contributed by atoms with van der Waals surface area (Å²) in [5, 5.41) is 4.08. The van der Waals surface area contributed by atoms with Gasteiger partial charge in [-0.2, -0.15) is 5.10 Å². The van der Waals surface area contributed by atoms with Gasteiger partial charge >= 0.3 is 0 Å². The van der Waals surface area contributed by atoms with E-state index in [1.165, 1.54) is 0 Å². The van der Waals surface area contributed by atoms with Crippen molar-refractivity contribution in [3.05, 3.63) is 23.5 Å². The van der Waals surface area contributed by atoms with Gasteiger partial charge in [0, 0.05) is 12.7 Å². The Morgan fingerprint density at radius 2 is 2.50 bits per heavy atom. The van der Waals surface area contributed by atoms with Gasteiger partial charge in [-0.3, -0.25) is 9.48 Å². The highest BCUT2D eigenvalue weighted by Crippen LogP contribution is 2.04. The van der Waals surface area contributed by atoms with Crippen LogP contribution < -0.4 is 0 Å². The van der Waals surface area contributed by atoms with Crippen LogP contribution in [0.15, 0.2) is 17.8 Å². The minimum atomic E-state index is 0.713. The second kappa shape index (κ2) is 3.85. The van der Waals surface area contributed by atoms with E-state index in [1.54, 1.807) is 13.1 Å². The van der Waals surface area contributed by atoms with Crippen LogP contribution in [0.25, 0.3) is 6.08 Å². The predicted molar refractivity (Wildman–Crippen MR) is 47.6 cm³/mol. The number of rotatable bonds is 3. The molecule has 1 aromatic rings. The number of aromatic nitrogens is 2. The smallest absolute Gasteiger partial charge is 0.145 e. The largest absolute Gasteiger partial charge is 0.298 e. The molecule has 0 aliphatic rings. The molecule has 0 bridgehead atoms. The van der Waals surface area contributed by atoms with Crippen molar-refractivity contribution < 1.29 is 4.79 Å². The van der Waals surface area contributed by atoms with Gasteiger partial charge in [0.2, 0.25) is 0 Å². The molecule has 12 heavy (non-hydrogen) atoms. The Bertz CT molecular complexity index is 299. The van der Waals surface area contributed by atoms with Gasteiger partial charge in [0.25, 0.3) is 0 Å². The van der Waals surface area contributed by atoms with Crippen molar-refractivity contribution in [3.8, 4) is 0 Å². The first-order chi connectivity index (χ1) is 5.77. The van der Waals surface area contributed by atoms with Crippen molar-refractivity contribution in [1.29, 1.82) is 0 Å². The third kappa shape index (κ3) is 1.81. The van der Waals surface area contributed by atoms with Gasteiger partial charge in [0.15, 0.2) is 0 Å². The maximum atomic E-state index is 10.3. The Balaban J connectivity index is 2.94. The molecular weight excluding hydrogens is 152 g/mol.